The first-order valence-electron chi connectivity index (χ1n) is 6.48. The van der Waals surface area contributed by atoms with Gasteiger partial charge in [0.25, 0.3) is 0 Å². The summed E-state index contributed by atoms with van der Waals surface area (Å²) >= 11 is 0. The summed E-state index contributed by atoms with van der Waals surface area (Å²) in [6.07, 6.45) is 1.13. The first-order chi connectivity index (χ1) is 8.27. The van der Waals surface area contributed by atoms with Crippen LogP contribution in [0.5, 0.6) is 0 Å². The molecule has 0 heterocycles. The van der Waals surface area contributed by atoms with E-state index in [-0.39, 0.29) is 17.9 Å². The van der Waals surface area contributed by atoms with Crippen molar-refractivity contribution < 1.29 is 14.7 Å². The average Bonchev–Trinajstić information content (AvgIpc) is 2.23. The third-order valence-corrected chi connectivity index (χ3v) is 2.69. The fraction of sp³-hybridized carbons (Fsp3) is 0.846. The highest BCUT2D eigenvalue weighted by molar-refractivity contribution is 5.86. The second kappa shape index (κ2) is 8.08. The number of carbonyl (C=O) groups excluding carboxylic acids is 1. The van der Waals surface area contributed by atoms with Gasteiger partial charge in [-0.1, -0.05) is 27.7 Å². The number of aliphatic carboxylic acids is 1. The summed E-state index contributed by atoms with van der Waals surface area (Å²) in [7, 11) is 1.71. The summed E-state index contributed by atoms with van der Waals surface area (Å²) in [4.78, 5) is 23.0. The van der Waals surface area contributed by atoms with Gasteiger partial charge in [-0.3, -0.25) is 4.79 Å². The maximum absolute atomic E-state index is 12.0. The Morgan fingerprint density at radius 1 is 1.00 bits per heavy atom. The lowest BCUT2D eigenvalue weighted by Crippen LogP contribution is -2.50. The molecule has 0 saturated carbocycles. The molecule has 0 aromatic carbocycles. The van der Waals surface area contributed by atoms with Crippen molar-refractivity contribution in [2.75, 3.05) is 7.05 Å². The Kier molecular flexibility index (Phi) is 7.59. The zero-order valence-electron chi connectivity index (χ0n) is 12.0. The van der Waals surface area contributed by atoms with Gasteiger partial charge in [-0.05, 0) is 31.7 Å². The summed E-state index contributed by atoms with van der Waals surface area (Å²) in [5, 5.41) is 14.6. The van der Waals surface area contributed by atoms with E-state index < -0.39 is 12.0 Å². The van der Waals surface area contributed by atoms with Gasteiger partial charge in [-0.2, -0.15) is 0 Å². The second-order valence-corrected chi connectivity index (χ2v) is 5.50. The van der Waals surface area contributed by atoms with Crippen molar-refractivity contribution in [3.8, 4) is 0 Å². The number of carbonyl (C=O) groups is 2. The molecular formula is C13H26N2O3. The van der Waals surface area contributed by atoms with E-state index in [9.17, 15) is 9.59 Å². The van der Waals surface area contributed by atoms with Crippen molar-refractivity contribution in [3.63, 3.8) is 0 Å². The number of carboxylic acids is 1. The van der Waals surface area contributed by atoms with Crippen LogP contribution in [0.15, 0.2) is 0 Å². The minimum Gasteiger partial charge on any atom is -0.480 e. The molecule has 3 N–H and O–H groups in total. The number of hydrogen-bond acceptors (Lipinski definition) is 3. The average molecular weight is 258 g/mol. The van der Waals surface area contributed by atoms with E-state index in [0.29, 0.717) is 18.8 Å². The van der Waals surface area contributed by atoms with Crippen LogP contribution in [0.4, 0.5) is 0 Å². The minimum atomic E-state index is -0.976. The molecule has 0 aromatic rings. The monoisotopic (exact) mass is 258 g/mol. The molecule has 0 aliphatic heterocycles. The van der Waals surface area contributed by atoms with Crippen LogP contribution in [-0.4, -0.2) is 36.1 Å². The number of rotatable bonds is 8. The molecule has 0 spiro atoms. The molecule has 5 heteroatoms. The zero-order valence-corrected chi connectivity index (χ0v) is 12.0. The van der Waals surface area contributed by atoms with E-state index in [0.717, 1.165) is 0 Å². The van der Waals surface area contributed by atoms with E-state index in [1.54, 1.807) is 7.05 Å². The zero-order chi connectivity index (χ0) is 14.3. The topological polar surface area (TPSA) is 78.4 Å². The summed E-state index contributed by atoms with van der Waals surface area (Å²) < 4.78 is 0. The Morgan fingerprint density at radius 3 is 1.78 bits per heavy atom. The van der Waals surface area contributed by atoms with Gasteiger partial charge in [0, 0.05) is 0 Å². The highest BCUT2D eigenvalue weighted by Crippen LogP contribution is 2.08. The molecule has 2 unspecified atom stereocenters. The lowest BCUT2D eigenvalue weighted by molar-refractivity contribution is -0.142. The summed E-state index contributed by atoms with van der Waals surface area (Å²) in [5.74, 6) is -0.609. The van der Waals surface area contributed by atoms with Crippen molar-refractivity contribution in [2.45, 2.75) is 52.6 Å². The molecule has 0 aromatic heterocycles. The van der Waals surface area contributed by atoms with Crippen molar-refractivity contribution in [3.05, 3.63) is 0 Å². The molecule has 18 heavy (non-hydrogen) atoms. The van der Waals surface area contributed by atoms with Crippen LogP contribution >= 0.6 is 0 Å². The van der Waals surface area contributed by atoms with Crippen LogP contribution in [0.2, 0.25) is 0 Å². The first kappa shape index (κ1) is 16.9. The fourth-order valence-electron chi connectivity index (χ4n) is 1.79. The Morgan fingerprint density at radius 2 is 1.44 bits per heavy atom. The van der Waals surface area contributed by atoms with Crippen molar-refractivity contribution in [2.24, 2.45) is 11.8 Å². The van der Waals surface area contributed by atoms with Crippen LogP contribution in [0.25, 0.3) is 0 Å². The molecule has 0 bridgehead atoms. The van der Waals surface area contributed by atoms with Gasteiger partial charge < -0.3 is 15.7 Å². The molecule has 1 amide bonds. The maximum Gasteiger partial charge on any atom is 0.326 e. The summed E-state index contributed by atoms with van der Waals surface area (Å²) in [6.45, 7) is 7.93. The van der Waals surface area contributed by atoms with Gasteiger partial charge in [0.2, 0.25) is 5.91 Å². The number of likely N-dealkylation sites (N-methyl/N-ethyl adjacent to an activating group) is 1. The quantitative estimate of drug-likeness (QED) is 0.612. The number of carboxylic acid groups (broad SMARTS) is 1. The number of hydrogen-bond donors (Lipinski definition) is 3. The predicted octanol–water partition coefficient (Wildman–Crippen LogP) is 1.24. The van der Waals surface area contributed by atoms with Crippen LogP contribution in [-0.2, 0) is 9.59 Å². The van der Waals surface area contributed by atoms with Gasteiger partial charge in [0.05, 0.1) is 6.04 Å². The second-order valence-electron chi connectivity index (χ2n) is 5.50. The maximum atomic E-state index is 12.0. The van der Waals surface area contributed by atoms with Crippen molar-refractivity contribution in [1.29, 1.82) is 0 Å². The van der Waals surface area contributed by atoms with Crippen LogP contribution in [0.1, 0.15) is 40.5 Å². The van der Waals surface area contributed by atoms with Crippen molar-refractivity contribution in [1.82, 2.24) is 10.6 Å². The normalized spacial score (nSPS) is 14.6. The molecule has 106 valence electrons. The number of amides is 1. The Bertz CT molecular complexity index is 277. The third kappa shape index (κ3) is 6.59. The highest BCUT2D eigenvalue weighted by Gasteiger charge is 2.25. The molecule has 5 nitrogen and oxygen atoms in total. The molecule has 0 aliphatic rings. The van der Waals surface area contributed by atoms with E-state index in [1.807, 2.05) is 27.7 Å². The molecule has 0 aliphatic carbocycles. The molecule has 0 fully saturated rings. The fourth-order valence-corrected chi connectivity index (χ4v) is 1.79. The van der Waals surface area contributed by atoms with Gasteiger partial charge in [-0.15, -0.1) is 0 Å². The lowest BCUT2D eigenvalue weighted by atomic mass is 10.0. The molecular weight excluding hydrogens is 232 g/mol. The van der Waals surface area contributed by atoms with Gasteiger partial charge in [0.15, 0.2) is 0 Å². The summed E-state index contributed by atoms with van der Waals surface area (Å²) in [6, 6.07) is -1.14. The smallest absolute Gasteiger partial charge is 0.326 e. The largest absolute Gasteiger partial charge is 0.480 e. The van der Waals surface area contributed by atoms with Gasteiger partial charge in [-0.25, -0.2) is 4.79 Å². The number of nitrogens with one attached hydrogen (secondary N) is 2. The van der Waals surface area contributed by atoms with E-state index in [2.05, 4.69) is 10.6 Å². The molecule has 0 radical (unpaired) electrons. The Labute approximate surface area is 109 Å². The lowest BCUT2D eigenvalue weighted by Gasteiger charge is -2.22. The minimum absolute atomic E-state index is 0.226. The SMILES string of the molecule is CNC(CC(C)C)C(=O)NC(CC(C)C)C(=O)O. The molecule has 2 atom stereocenters. The highest BCUT2D eigenvalue weighted by atomic mass is 16.4. The molecule has 0 rings (SSSR count). The van der Waals surface area contributed by atoms with E-state index in [4.69, 9.17) is 5.11 Å². The van der Waals surface area contributed by atoms with E-state index in [1.165, 1.54) is 0 Å². The van der Waals surface area contributed by atoms with Crippen LogP contribution in [0.3, 0.4) is 0 Å². The predicted molar refractivity (Wildman–Crippen MR) is 71.3 cm³/mol. The van der Waals surface area contributed by atoms with Gasteiger partial charge >= 0.3 is 5.97 Å². The third-order valence-electron chi connectivity index (χ3n) is 2.69. The standard InChI is InChI=1S/C13H26N2O3/c1-8(2)6-10(14-5)12(16)15-11(13(17)18)7-9(3)4/h8-11,14H,6-7H2,1-5H3,(H,15,16)(H,17,18). The first-order valence-corrected chi connectivity index (χ1v) is 6.48. The van der Waals surface area contributed by atoms with E-state index >= 15 is 0 Å². The molecule has 0 saturated heterocycles. The Balaban J connectivity index is 4.51. The van der Waals surface area contributed by atoms with Crippen molar-refractivity contribution >= 4 is 11.9 Å². The van der Waals surface area contributed by atoms with Crippen LogP contribution in [0, 0.1) is 11.8 Å². The van der Waals surface area contributed by atoms with Gasteiger partial charge in [0.1, 0.15) is 6.04 Å². The summed E-state index contributed by atoms with van der Waals surface area (Å²) in [5.41, 5.74) is 0. The van der Waals surface area contributed by atoms with Crippen LogP contribution < -0.4 is 10.6 Å². The Hall–Kier alpha value is -1.10.